The molecule has 0 radical (unpaired) electrons. The second-order valence-corrected chi connectivity index (χ2v) is 5.38. The molecule has 24 heavy (non-hydrogen) atoms. The van der Waals surface area contributed by atoms with Gasteiger partial charge in [0.2, 0.25) is 5.82 Å². The summed E-state index contributed by atoms with van der Waals surface area (Å²) in [6.07, 6.45) is -0.608. The number of aromatic amines is 1. The molecule has 0 bridgehead atoms. The van der Waals surface area contributed by atoms with Gasteiger partial charge < -0.3 is 10.1 Å². The molecule has 0 aliphatic carbocycles. The van der Waals surface area contributed by atoms with E-state index in [0.717, 1.165) is 11.1 Å². The minimum atomic E-state index is -0.608. The SMILES string of the molecule is Cc1cccc(OC(C)C(=O)Nc2ccc(-c3nn[nH]n3)cc2)c1. The van der Waals surface area contributed by atoms with Crippen LogP contribution >= 0.6 is 0 Å². The van der Waals surface area contributed by atoms with Crippen molar-refractivity contribution in [1.82, 2.24) is 20.6 Å². The zero-order valence-electron chi connectivity index (χ0n) is 13.4. The van der Waals surface area contributed by atoms with Gasteiger partial charge in [-0.05, 0) is 61.0 Å². The lowest BCUT2D eigenvalue weighted by molar-refractivity contribution is -0.122. The highest BCUT2D eigenvalue weighted by molar-refractivity contribution is 5.94. The number of hydrogen-bond donors (Lipinski definition) is 2. The molecule has 1 unspecified atom stereocenters. The van der Waals surface area contributed by atoms with Crippen molar-refractivity contribution >= 4 is 11.6 Å². The molecule has 3 rings (SSSR count). The Balaban J connectivity index is 1.61. The van der Waals surface area contributed by atoms with Crippen LogP contribution in [-0.4, -0.2) is 32.6 Å². The summed E-state index contributed by atoms with van der Waals surface area (Å²) < 4.78 is 5.67. The van der Waals surface area contributed by atoms with Gasteiger partial charge in [0.1, 0.15) is 5.75 Å². The molecular weight excluding hydrogens is 306 g/mol. The maximum Gasteiger partial charge on any atom is 0.265 e. The van der Waals surface area contributed by atoms with Crippen molar-refractivity contribution in [3.05, 3.63) is 54.1 Å². The van der Waals surface area contributed by atoms with Gasteiger partial charge >= 0.3 is 0 Å². The smallest absolute Gasteiger partial charge is 0.265 e. The number of carbonyl (C=O) groups excluding carboxylic acids is 1. The van der Waals surface area contributed by atoms with Crippen molar-refractivity contribution in [3.8, 4) is 17.1 Å². The molecule has 7 nitrogen and oxygen atoms in total. The maximum absolute atomic E-state index is 12.2. The lowest BCUT2D eigenvalue weighted by Crippen LogP contribution is -2.30. The van der Waals surface area contributed by atoms with Crippen LogP contribution in [0.3, 0.4) is 0 Å². The molecule has 0 spiro atoms. The van der Waals surface area contributed by atoms with E-state index in [1.807, 2.05) is 43.3 Å². The molecule has 122 valence electrons. The molecule has 0 saturated carbocycles. The van der Waals surface area contributed by atoms with Gasteiger partial charge in [0.15, 0.2) is 6.10 Å². The van der Waals surface area contributed by atoms with Crippen molar-refractivity contribution in [1.29, 1.82) is 0 Å². The van der Waals surface area contributed by atoms with Crippen LogP contribution in [0.4, 0.5) is 5.69 Å². The predicted molar refractivity (Wildman–Crippen MR) is 89.5 cm³/mol. The molecule has 0 aliphatic heterocycles. The van der Waals surface area contributed by atoms with Gasteiger partial charge in [-0.3, -0.25) is 4.79 Å². The van der Waals surface area contributed by atoms with Gasteiger partial charge in [-0.15, -0.1) is 10.2 Å². The van der Waals surface area contributed by atoms with E-state index in [1.165, 1.54) is 0 Å². The van der Waals surface area contributed by atoms with Gasteiger partial charge in [0.05, 0.1) is 0 Å². The summed E-state index contributed by atoms with van der Waals surface area (Å²) in [6.45, 7) is 3.69. The number of aryl methyl sites for hydroxylation is 1. The second kappa shape index (κ2) is 6.91. The number of nitrogens with one attached hydrogen (secondary N) is 2. The quantitative estimate of drug-likeness (QED) is 0.753. The van der Waals surface area contributed by atoms with E-state index in [0.29, 0.717) is 17.3 Å². The van der Waals surface area contributed by atoms with E-state index in [1.54, 1.807) is 19.1 Å². The lowest BCUT2D eigenvalue weighted by Gasteiger charge is -2.15. The summed E-state index contributed by atoms with van der Waals surface area (Å²) in [5, 5.41) is 16.5. The van der Waals surface area contributed by atoms with Crippen LogP contribution in [-0.2, 0) is 4.79 Å². The number of amides is 1. The number of ether oxygens (including phenoxy) is 1. The van der Waals surface area contributed by atoms with Crippen molar-refractivity contribution in [2.24, 2.45) is 0 Å². The van der Waals surface area contributed by atoms with E-state index in [-0.39, 0.29) is 5.91 Å². The van der Waals surface area contributed by atoms with E-state index in [4.69, 9.17) is 4.74 Å². The number of benzene rings is 2. The number of hydrogen-bond acceptors (Lipinski definition) is 5. The van der Waals surface area contributed by atoms with Crippen LogP contribution in [0.1, 0.15) is 12.5 Å². The Labute approximate surface area is 139 Å². The molecule has 3 aromatic rings. The van der Waals surface area contributed by atoms with Crippen molar-refractivity contribution < 1.29 is 9.53 Å². The summed E-state index contributed by atoms with van der Waals surface area (Å²) in [7, 11) is 0. The fourth-order valence-electron chi connectivity index (χ4n) is 2.18. The third-order valence-corrected chi connectivity index (χ3v) is 3.43. The molecular formula is C17H17N5O2. The zero-order valence-corrected chi connectivity index (χ0v) is 13.4. The molecule has 2 N–H and O–H groups in total. The Morgan fingerprint density at radius 3 is 2.67 bits per heavy atom. The van der Waals surface area contributed by atoms with Gasteiger partial charge in [0.25, 0.3) is 5.91 Å². The first-order valence-corrected chi connectivity index (χ1v) is 7.50. The fraction of sp³-hybridized carbons (Fsp3) is 0.176. The van der Waals surface area contributed by atoms with Gasteiger partial charge in [-0.25, -0.2) is 0 Å². The van der Waals surface area contributed by atoms with Crippen molar-refractivity contribution in [2.75, 3.05) is 5.32 Å². The number of carbonyl (C=O) groups is 1. The minimum Gasteiger partial charge on any atom is -0.481 e. The van der Waals surface area contributed by atoms with Crippen LogP contribution in [0.5, 0.6) is 5.75 Å². The van der Waals surface area contributed by atoms with Crippen LogP contribution in [0.15, 0.2) is 48.5 Å². The first-order chi connectivity index (χ1) is 11.6. The molecule has 0 aliphatic rings. The Morgan fingerprint density at radius 1 is 1.21 bits per heavy atom. The molecule has 1 amide bonds. The molecule has 1 aromatic heterocycles. The molecule has 7 heteroatoms. The third kappa shape index (κ3) is 3.75. The van der Waals surface area contributed by atoms with E-state index >= 15 is 0 Å². The molecule has 2 aromatic carbocycles. The fourth-order valence-corrected chi connectivity index (χ4v) is 2.18. The first-order valence-electron chi connectivity index (χ1n) is 7.50. The Bertz CT molecular complexity index is 815. The highest BCUT2D eigenvalue weighted by Crippen LogP contribution is 2.18. The molecule has 1 heterocycles. The number of aromatic nitrogens is 4. The first kappa shape index (κ1) is 15.7. The number of H-pyrrole nitrogens is 1. The van der Waals surface area contributed by atoms with Crippen LogP contribution in [0, 0.1) is 6.92 Å². The van der Waals surface area contributed by atoms with Gasteiger partial charge in [-0.2, -0.15) is 5.21 Å². The Kier molecular flexibility index (Phi) is 4.51. The largest absolute Gasteiger partial charge is 0.481 e. The molecule has 0 saturated heterocycles. The number of tetrazole rings is 1. The normalized spacial score (nSPS) is 11.8. The zero-order chi connectivity index (χ0) is 16.9. The number of rotatable bonds is 5. The third-order valence-electron chi connectivity index (χ3n) is 3.43. The van der Waals surface area contributed by atoms with Crippen LogP contribution < -0.4 is 10.1 Å². The van der Waals surface area contributed by atoms with Crippen molar-refractivity contribution in [3.63, 3.8) is 0 Å². The van der Waals surface area contributed by atoms with Crippen molar-refractivity contribution in [2.45, 2.75) is 20.0 Å². The Hall–Kier alpha value is -3.22. The number of anilines is 1. The topological polar surface area (TPSA) is 92.8 Å². The summed E-state index contributed by atoms with van der Waals surface area (Å²) >= 11 is 0. The standard InChI is InChI=1S/C17H17N5O2/c1-11-4-3-5-15(10-11)24-12(2)17(23)18-14-8-6-13(7-9-14)16-19-21-22-20-16/h3-10,12H,1-2H3,(H,18,23)(H,19,20,21,22). The van der Waals surface area contributed by atoms with Crippen LogP contribution in [0.2, 0.25) is 0 Å². The summed E-state index contributed by atoms with van der Waals surface area (Å²) in [5.74, 6) is 0.956. The highest BCUT2D eigenvalue weighted by atomic mass is 16.5. The monoisotopic (exact) mass is 323 g/mol. The highest BCUT2D eigenvalue weighted by Gasteiger charge is 2.15. The summed E-state index contributed by atoms with van der Waals surface area (Å²) in [4.78, 5) is 12.2. The molecule has 0 fully saturated rings. The summed E-state index contributed by atoms with van der Waals surface area (Å²) in [5.41, 5.74) is 2.56. The molecule has 1 atom stereocenters. The van der Waals surface area contributed by atoms with Gasteiger partial charge in [-0.1, -0.05) is 12.1 Å². The average molecular weight is 323 g/mol. The van der Waals surface area contributed by atoms with E-state index in [2.05, 4.69) is 25.9 Å². The van der Waals surface area contributed by atoms with Crippen LogP contribution in [0.25, 0.3) is 11.4 Å². The van der Waals surface area contributed by atoms with E-state index in [9.17, 15) is 4.79 Å². The average Bonchev–Trinajstić information content (AvgIpc) is 3.10. The minimum absolute atomic E-state index is 0.219. The predicted octanol–water partition coefficient (Wildman–Crippen LogP) is 2.58. The maximum atomic E-state index is 12.2. The number of nitrogens with zero attached hydrogens (tertiary/aromatic N) is 3. The lowest BCUT2D eigenvalue weighted by atomic mass is 10.2. The van der Waals surface area contributed by atoms with E-state index < -0.39 is 6.10 Å². The van der Waals surface area contributed by atoms with Gasteiger partial charge in [0, 0.05) is 11.3 Å². The Morgan fingerprint density at radius 2 is 2.00 bits per heavy atom. The summed E-state index contributed by atoms with van der Waals surface area (Å²) in [6, 6.07) is 14.8. The second-order valence-electron chi connectivity index (χ2n) is 5.38.